The minimum Gasteiger partial charge on any atom is -0.480 e. The first-order chi connectivity index (χ1) is 12.5. The Balaban J connectivity index is 1.71. The molecule has 0 spiro atoms. The summed E-state index contributed by atoms with van der Waals surface area (Å²) < 4.78 is 12.7. The number of hydrogen-bond donors (Lipinski definition) is 4. The number of rotatable bonds is 6. The fourth-order valence-corrected chi connectivity index (χ4v) is 3.42. The quantitative estimate of drug-likeness (QED) is 0.559. The van der Waals surface area contributed by atoms with Crippen molar-refractivity contribution in [1.82, 2.24) is 16.1 Å². The van der Waals surface area contributed by atoms with E-state index in [-0.39, 0.29) is 12.2 Å². The Labute approximate surface area is 152 Å². The molecule has 3 rings (SSSR count). The summed E-state index contributed by atoms with van der Waals surface area (Å²) in [6, 6.07) is 13.5. The average Bonchev–Trinajstić information content (AvgIpc) is 3.12. The third kappa shape index (κ3) is 4.23. The van der Waals surface area contributed by atoms with Crippen molar-refractivity contribution in [3.8, 4) is 0 Å². The maximum atomic E-state index is 12.7. The molecule has 0 saturated carbocycles. The lowest BCUT2D eigenvalue weighted by Gasteiger charge is -2.18. The Hall–Kier alpha value is -2.82. The number of benzene rings is 1. The summed E-state index contributed by atoms with van der Waals surface area (Å²) in [4.78, 5) is 15.2. The first kappa shape index (κ1) is 18.0. The number of carboxylic acids is 1. The van der Waals surface area contributed by atoms with Crippen LogP contribution in [0.5, 0.6) is 0 Å². The second-order valence-corrected chi connectivity index (χ2v) is 6.89. The average molecular weight is 374 g/mol. The molecule has 2 heterocycles. The number of carbonyl (C=O) groups is 1. The van der Waals surface area contributed by atoms with Crippen LogP contribution in [0, 0.1) is 0 Å². The summed E-state index contributed by atoms with van der Waals surface area (Å²) in [6.45, 7) is 0. The van der Waals surface area contributed by atoms with Crippen molar-refractivity contribution >= 4 is 27.6 Å². The van der Waals surface area contributed by atoms with E-state index in [0.717, 1.165) is 5.69 Å². The Kier molecular flexibility index (Phi) is 5.56. The number of nitrogens with one attached hydrogen (secondary N) is 2. The number of nitrogens with zero attached hydrogens (tertiary/aromatic N) is 3. The zero-order valence-electron chi connectivity index (χ0n) is 13.7. The Bertz CT molecular complexity index is 845. The summed E-state index contributed by atoms with van der Waals surface area (Å²) in [7, 11) is -1.47. The van der Waals surface area contributed by atoms with Gasteiger partial charge in [0.1, 0.15) is 6.04 Å². The molecule has 9 nitrogen and oxygen atoms in total. The number of carboxylic acid groups (broad SMARTS) is 1. The van der Waals surface area contributed by atoms with Crippen molar-refractivity contribution in [2.45, 2.75) is 18.2 Å². The number of pyridine rings is 1. The number of amidine groups is 1. The van der Waals surface area contributed by atoms with Crippen LogP contribution in [0.2, 0.25) is 0 Å². The van der Waals surface area contributed by atoms with E-state index in [1.54, 1.807) is 23.2 Å². The van der Waals surface area contributed by atoms with Crippen LogP contribution in [0.3, 0.4) is 0 Å². The molecule has 0 fully saturated rings. The second kappa shape index (κ2) is 8.04. The molecule has 1 unspecified atom stereocenters. The van der Waals surface area contributed by atoms with Crippen LogP contribution in [0.15, 0.2) is 53.6 Å². The molecule has 0 aliphatic carbocycles. The molecule has 1 aliphatic heterocycles. The molecule has 2 aromatic rings. The lowest BCUT2D eigenvalue weighted by atomic mass is 10.1. The lowest BCUT2D eigenvalue weighted by molar-refractivity contribution is -0.138. The smallest absolute Gasteiger partial charge is 0.320 e. The molecule has 2 atom stereocenters. The van der Waals surface area contributed by atoms with E-state index in [9.17, 15) is 9.00 Å². The number of hydrogen-bond acceptors (Lipinski definition) is 8. The van der Waals surface area contributed by atoms with Gasteiger partial charge >= 0.3 is 5.97 Å². The molecule has 0 bridgehead atoms. The van der Waals surface area contributed by atoms with Gasteiger partial charge < -0.3 is 10.8 Å². The standard InChI is InChI=1S/C16H18N6O3S/c17-14(15(23)24)9-11-5-4-6-12(18-11)10-26(25)16-19-20-21-22(16)13-7-2-1-3-8-13/h1-8,14,20-21H,9-10,17H2,(H,23,24)/t14-,26?/m0/s1. The molecule has 1 aliphatic rings. The molecule has 26 heavy (non-hydrogen) atoms. The first-order valence-corrected chi connectivity index (χ1v) is 9.11. The van der Waals surface area contributed by atoms with E-state index in [0.29, 0.717) is 16.6 Å². The van der Waals surface area contributed by atoms with Gasteiger partial charge in [0.05, 0.1) is 27.9 Å². The molecule has 1 aromatic carbocycles. The van der Waals surface area contributed by atoms with Crippen molar-refractivity contribution in [3.63, 3.8) is 0 Å². The van der Waals surface area contributed by atoms with Crippen molar-refractivity contribution in [2.24, 2.45) is 10.8 Å². The normalized spacial score (nSPS) is 15.9. The fraction of sp³-hybridized carbons (Fsp3) is 0.188. The first-order valence-electron chi connectivity index (χ1n) is 7.79. The molecule has 0 radical (unpaired) electrons. The van der Waals surface area contributed by atoms with Crippen LogP contribution in [0.4, 0.5) is 5.69 Å². The number of para-hydroxylation sites is 1. The van der Waals surface area contributed by atoms with Crippen LogP contribution < -0.4 is 21.8 Å². The van der Waals surface area contributed by atoms with Crippen LogP contribution >= 0.6 is 0 Å². The van der Waals surface area contributed by atoms with Gasteiger partial charge in [0.15, 0.2) is 0 Å². The van der Waals surface area contributed by atoms with Crippen molar-refractivity contribution in [2.75, 3.05) is 5.01 Å². The van der Waals surface area contributed by atoms with Gasteiger partial charge in [-0.25, -0.2) is 10.5 Å². The summed E-state index contributed by atoms with van der Waals surface area (Å²) in [6.07, 6.45) is 0.107. The van der Waals surface area contributed by atoms with E-state index in [4.69, 9.17) is 10.8 Å². The molecule has 10 heteroatoms. The SMILES string of the molecule is N[C@@H](Cc1cccc(CS(=O)C2=NNNN2c2ccccc2)n1)C(=O)O. The molecule has 0 amide bonds. The predicted molar refractivity (Wildman–Crippen MR) is 98.0 cm³/mol. The molecule has 0 saturated heterocycles. The molecular weight excluding hydrogens is 356 g/mol. The second-order valence-electron chi connectivity index (χ2n) is 5.55. The third-order valence-electron chi connectivity index (χ3n) is 3.61. The number of nitrogens with two attached hydrogens (primary N) is 1. The van der Waals surface area contributed by atoms with Crippen molar-refractivity contribution < 1.29 is 14.1 Å². The van der Waals surface area contributed by atoms with Gasteiger partial charge in [0.25, 0.3) is 0 Å². The number of anilines is 1. The fourth-order valence-electron chi connectivity index (χ4n) is 2.36. The number of aliphatic carboxylic acids is 1. The van der Waals surface area contributed by atoms with Gasteiger partial charge in [-0.1, -0.05) is 24.3 Å². The van der Waals surface area contributed by atoms with E-state index in [1.165, 1.54) is 0 Å². The minimum atomic E-state index is -1.47. The highest BCUT2D eigenvalue weighted by atomic mass is 32.2. The van der Waals surface area contributed by atoms with Gasteiger partial charge in [-0.05, 0) is 24.3 Å². The van der Waals surface area contributed by atoms with E-state index in [1.807, 2.05) is 30.3 Å². The highest BCUT2D eigenvalue weighted by Crippen LogP contribution is 2.16. The zero-order valence-corrected chi connectivity index (χ0v) is 14.5. The minimum absolute atomic E-state index is 0.107. The lowest BCUT2D eigenvalue weighted by Crippen LogP contribution is -2.42. The summed E-state index contributed by atoms with van der Waals surface area (Å²) in [5, 5.41) is 14.9. The number of hydrazone groups is 1. The Morgan fingerprint density at radius 2 is 1.92 bits per heavy atom. The maximum Gasteiger partial charge on any atom is 0.320 e. The summed E-state index contributed by atoms with van der Waals surface area (Å²) in [5.74, 6) is -0.946. The highest BCUT2D eigenvalue weighted by molar-refractivity contribution is 8.00. The largest absolute Gasteiger partial charge is 0.480 e. The summed E-state index contributed by atoms with van der Waals surface area (Å²) >= 11 is 0. The van der Waals surface area contributed by atoms with Crippen LogP contribution in [-0.2, 0) is 27.8 Å². The summed E-state index contributed by atoms with van der Waals surface area (Å²) in [5.41, 5.74) is 12.9. The molecular formula is C16H18N6O3S. The monoisotopic (exact) mass is 374 g/mol. The Morgan fingerprint density at radius 1 is 1.19 bits per heavy atom. The highest BCUT2D eigenvalue weighted by Gasteiger charge is 2.25. The molecule has 136 valence electrons. The van der Waals surface area contributed by atoms with Crippen molar-refractivity contribution in [3.05, 3.63) is 59.9 Å². The topological polar surface area (TPSA) is 133 Å². The third-order valence-corrected chi connectivity index (χ3v) is 4.85. The van der Waals surface area contributed by atoms with E-state index < -0.39 is 22.8 Å². The van der Waals surface area contributed by atoms with Gasteiger partial charge in [-0.15, -0.1) is 10.6 Å². The van der Waals surface area contributed by atoms with Crippen LogP contribution in [0.1, 0.15) is 11.4 Å². The number of aromatic nitrogens is 1. The van der Waals surface area contributed by atoms with Crippen LogP contribution in [0.25, 0.3) is 0 Å². The Morgan fingerprint density at radius 3 is 2.65 bits per heavy atom. The maximum absolute atomic E-state index is 12.7. The van der Waals surface area contributed by atoms with Crippen LogP contribution in [-0.4, -0.2) is 31.5 Å². The molecule has 1 aromatic heterocycles. The van der Waals surface area contributed by atoms with Gasteiger partial charge in [0, 0.05) is 12.1 Å². The predicted octanol–water partition coefficient (Wildman–Crippen LogP) is 0.0851. The van der Waals surface area contributed by atoms with Gasteiger partial charge in [-0.3, -0.25) is 14.0 Å². The van der Waals surface area contributed by atoms with Gasteiger partial charge in [0.2, 0.25) is 5.17 Å². The number of hydrazine groups is 2. The van der Waals surface area contributed by atoms with Crippen molar-refractivity contribution in [1.29, 1.82) is 0 Å². The van der Waals surface area contributed by atoms with E-state index >= 15 is 0 Å². The molecule has 5 N–H and O–H groups in total. The zero-order chi connectivity index (χ0) is 18.5. The van der Waals surface area contributed by atoms with E-state index in [2.05, 4.69) is 21.2 Å². The van der Waals surface area contributed by atoms with Gasteiger partial charge in [-0.2, -0.15) is 0 Å².